The van der Waals surface area contributed by atoms with Crippen LogP contribution in [0.15, 0.2) is 53.5 Å². The Kier molecular flexibility index (Phi) is 4.78. The summed E-state index contributed by atoms with van der Waals surface area (Å²) in [5.74, 6) is 3.30. The Balaban J connectivity index is 1.30. The maximum Gasteiger partial charge on any atom is 0.289 e. The van der Waals surface area contributed by atoms with Crippen molar-refractivity contribution in [2.75, 3.05) is 38.2 Å². The number of aryl methyl sites for hydroxylation is 1. The Bertz CT molecular complexity index is 1240. The first-order valence-corrected chi connectivity index (χ1v) is 10.1. The Hall–Kier alpha value is -3.88. The summed E-state index contributed by atoms with van der Waals surface area (Å²) in [7, 11) is 1.59. The van der Waals surface area contributed by atoms with Crippen molar-refractivity contribution in [2.24, 2.45) is 0 Å². The van der Waals surface area contributed by atoms with Gasteiger partial charge >= 0.3 is 0 Å². The van der Waals surface area contributed by atoms with Crippen LogP contribution in [0, 0.1) is 6.92 Å². The minimum atomic E-state index is -0.115. The lowest BCUT2D eigenvalue weighted by molar-refractivity contribution is 0.0716. The van der Waals surface area contributed by atoms with Crippen LogP contribution in [0.3, 0.4) is 0 Å². The van der Waals surface area contributed by atoms with E-state index in [4.69, 9.17) is 9.15 Å². The zero-order valence-corrected chi connectivity index (χ0v) is 17.4. The zero-order chi connectivity index (χ0) is 21.4. The predicted molar refractivity (Wildman–Crippen MR) is 115 cm³/mol. The van der Waals surface area contributed by atoms with Crippen molar-refractivity contribution in [3.8, 4) is 11.6 Å². The summed E-state index contributed by atoms with van der Waals surface area (Å²) in [6.45, 7) is 4.44. The van der Waals surface area contributed by atoms with Crippen LogP contribution in [0.1, 0.15) is 16.4 Å². The van der Waals surface area contributed by atoms with Gasteiger partial charge in [0, 0.05) is 50.0 Å². The van der Waals surface area contributed by atoms with Gasteiger partial charge in [0.25, 0.3) is 5.91 Å². The quantitative estimate of drug-likeness (QED) is 0.503. The van der Waals surface area contributed by atoms with Crippen LogP contribution in [0.4, 0.5) is 5.82 Å². The molecular formula is C22H22N6O3. The summed E-state index contributed by atoms with van der Waals surface area (Å²) in [5, 5.41) is 0.852. The van der Waals surface area contributed by atoms with Gasteiger partial charge in [0.15, 0.2) is 17.1 Å². The van der Waals surface area contributed by atoms with E-state index in [0.717, 1.165) is 22.8 Å². The highest BCUT2D eigenvalue weighted by atomic mass is 16.5. The first-order valence-electron chi connectivity index (χ1n) is 10.1. The molecule has 0 atom stereocenters. The molecule has 1 amide bonds. The zero-order valence-electron chi connectivity index (χ0n) is 17.4. The van der Waals surface area contributed by atoms with E-state index in [1.54, 1.807) is 25.7 Å². The Morgan fingerprint density at radius 2 is 1.87 bits per heavy atom. The summed E-state index contributed by atoms with van der Waals surface area (Å²) in [6, 6.07) is 9.32. The van der Waals surface area contributed by atoms with Gasteiger partial charge in [-0.2, -0.15) is 0 Å². The maximum atomic E-state index is 13.0. The number of methoxy groups -OCH3 is 1. The molecule has 31 heavy (non-hydrogen) atoms. The van der Waals surface area contributed by atoms with Crippen molar-refractivity contribution in [3.05, 3.63) is 60.6 Å². The molecular weight excluding hydrogens is 396 g/mol. The van der Waals surface area contributed by atoms with E-state index < -0.39 is 0 Å². The second kappa shape index (κ2) is 7.75. The number of carbonyl (C=O) groups is 1. The topological polar surface area (TPSA) is 89.5 Å². The lowest BCUT2D eigenvalue weighted by atomic mass is 10.2. The average Bonchev–Trinajstić information content (AvgIpc) is 3.45. The van der Waals surface area contributed by atoms with Crippen molar-refractivity contribution in [1.82, 2.24) is 24.4 Å². The number of anilines is 1. The van der Waals surface area contributed by atoms with E-state index in [2.05, 4.69) is 19.9 Å². The lowest BCUT2D eigenvalue weighted by Crippen LogP contribution is -2.49. The number of hydrogen-bond donors (Lipinski definition) is 0. The predicted octanol–water partition coefficient (Wildman–Crippen LogP) is 2.69. The lowest BCUT2D eigenvalue weighted by Gasteiger charge is -2.35. The minimum absolute atomic E-state index is 0.115. The first kappa shape index (κ1) is 19.1. The van der Waals surface area contributed by atoms with Crippen molar-refractivity contribution in [3.63, 3.8) is 0 Å². The fraction of sp³-hybridized carbons (Fsp3) is 0.273. The third-order valence-corrected chi connectivity index (χ3v) is 5.54. The van der Waals surface area contributed by atoms with Gasteiger partial charge in [0.2, 0.25) is 0 Å². The number of hydrogen-bond acceptors (Lipinski definition) is 7. The van der Waals surface area contributed by atoms with Gasteiger partial charge in [-0.25, -0.2) is 15.0 Å². The molecule has 4 heterocycles. The van der Waals surface area contributed by atoms with Crippen LogP contribution < -0.4 is 9.64 Å². The van der Waals surface area contributed by atoms with E-state index in [0.29, 0.717) is 43.3 Å². The molecule has 1 aromatic carbocycles. The van der Waals surface area contributed by atoms with Crippen LogP contribution in [0.2, 0.25) is 0 Å². The highest BCUT2D eigenvalue weighted by molar-refractivity contribution is 5.97. The van der Waals surface area contributed by atoms with Gasteiger partial charge < -0.3 is 19.0 Å². The van der Waals surface area contributed by atoms with Gasteiger partial charge in [-0.3, -0.25) is 9.36 Å². The molecule has 0 bridgehead atoms. The highest BCUT2D eigenvalue weighted by Crippen LogP contribution is 2.29. The van der Waals surface area contributed by atoms with Gasteiger partial charge in [0.05, 0.1) is 7.11 Å². The number of fused-ring (bicyclic) bond motifs is 1. The molecule has 0 radical (unpaired) electrons. The minimum Gasteiger partial charge on any atom is -0.493 e. The fourth-order valence-electron chi connectivity index (χ4n) is 3.86. The Morgan fingerprint density at radius 1 is 1.06 bits per heavy atom. The molecule has 0 saturated carbocycles. The van der Waals surface area contributed by atoms with Crippen LogP contribution >= 0.6 is 0 Å². The van der Waals surface area contributed by atoms with Crippen molar-refractivity contribution < 1.29 is 13.9 Å². The van der Waals surface area contributed by atoms with Crippen molar-refractivity contribution in [1.29, 1.82) is 0 Å². The van der Waals surface area contributed by atoms with Gasteiger partial charge in [0.1, 0.15) is 23.8 Å². The third kappa shape index (κ3) is 3.48. The van der Waals surface area contributed by atoms with Gasteiger partial charge in [-0.05, 0) is 19.1 Å². The van der Waals surface area contributed by atoms with E-state index in [9.17, 15) is 4.79 Å². The molecule has 9 heteroatoms. The second-order valence-corrected chi connectivity index (χ2v) is 7.35. The largest absolute Gasteiger partial charge is 0.493 e. The number of aromatic nitrogens is 4. The molecule has 0 N–H and O–H groups in total. The van der Waals surface area contributed by atoms with Gasteiger partial charge in [-0.15, -0.1) is 0 Å². The van der Waals surface area contributed by atoms with Crippen LogP contribution in [0.25, 0.3) is 16.8 Å². The maximum absolute atomic E-state index is 13.0. The molecule has 9 nitrogen and oxygen atoms in total. The summed E-state index contributed by atoms with van der Waals surface area (Å²) >= 11 is 0. The van der Waals surface area contributed by atoms with Crippen LogP contribution in [0.5, 0.6) is 5.75 Å². The summed E-state index contributed by atoms with van der Waals surface area (Å²) < 4.78 is 13.1. The number of ether oxygens (including phenoxy) is 1. The molecule has 0 aliphatic carbocycles. The molecule has 1 aliphatic heterocycles. The normalized spacial score (nSPS) is 14.3. The van der Waals surface area contributed by atoms with Crippen molar-refractivity contribution in [2.45, 2.75) is 6.92 Å². The molecule has 1 aliphatic rings. The molecule has 0 spiro atoms. The van der Waals surface area contributed by atoms with E-state index in [1.165, 1.54) is 0 Å². The monoisotopic (exact) mass is 418 g/mol. The highest BCUT2D eigenvalue weighted by Gasteiger charge is 2.26. The number of para-hydroxylation sites is 1. The smallest absolute Gasteiger partial charge is 0.289 e. The number of imidazole rings is 1. The number of nitrogens with zero attached hydrogens (tertiary/aromatic N) is 6. The molecule has 0 unspecified atom stereocenters. The van der Waals surface area contributed by atoms with E-state index in [-0.39, 0.29) is 5.91 Å². The number of amides is 1. The number of piperazine rings is 1. The molecule has 3 aromatic heterocycles. The number of benzene rings is 1. The first-order chi connectivity index (χ1) is 15.1. The number of rotatable bonds is 4. The standard InChI is InChI=1S/C22H22N6O3/c1-15-23-6-7-28(15)20-13-19(24-14-25-20)26-8-10-27(11-9-26)22(29)18-12-16-4-3-5-17(30-2)21(16)31-18/h3-7,12-14H,8-11H2,1-2H3. The summed E-state index contributed by atoms with van der Waals surface area (Å²) in [4.78, 5) is 30.0. The van der Waals surface area contributed by atoms with Crippen LogP contribution in [-0.2, 0) is 0 Å². The summed E-state index contributed by atoms with van der Waals surface area (Å²) in [6.07, 6.45) is 5.18. The van der Waals surface area contributed by atoms with Crippen LogP contribution in [-0.4, -0.2) is 63.6 Å². The number of carbonyl (C=O) groups excluding carboxylic acids is 1. The second-order valence-electron chi connectivity index (χ2n) is 7.35. The molecule has 158 valence electrons. The molecule has 1 saturated heterocycles. The molecule has 4 aromatic rings. The van der Waals surface area contributed by atoms with Gasteiger partial charge in [-0.1, -0.05) is 12.1 Å². The van der Waals surface area contributed by atoms with E-state index >= 15 is 0 Å². The third-order valence-electron chi connectivity index (χ3n) is 5.54. The average molecular weight is 418 g/mol. The number of furan rings is 1. The molecule has 1 fully saturated rings. The van der Waals surface area contributed by atoms with E-state index in [1.807, 2.05) is 46.9 Å². The summed E-state index contributed by atoms with van der Waals surface area (Å²) in [5.41, 5.74) is 0.593. The molecule has 5 rings (SSSR count). The Morgan fingerprint density at radius 3 is 2.61 bits per heavy atom. The van der Waals surface area contributed by atoms with Crippen molar-refractivity contribution >= 4 is 22.7 Å². The Labute approximate surface area is 178 Å². The SMILES string of the molecule is COc1cccc2cc(C(=O)N3CCN(c4cc(-n5ccnc5C)ncn4)CC3)oc12. The fourth-order valence-corrected chi connectivity index (χ4v) is 3.86.